The minimum absolute atomic E-state index is 0.0696. The second-order valence-electron chi connectivity index (χ2n) is 8.46. The van der Waals surface area contributed by atoms with Crippen molar-refractivity contribution >= 4 is 17.9 Å². The van der Waals surface area contributed by atoms with Crippen LogP contribution in [0.25, 0.3) is 6.08 Å². The molecule has 0 fully saturated rings. The van der Waals surface area contributed by atoms with Gasteiger partial charge in [0.15, 0.2) is 5.69 Å². The number of carbonyl (C=O) groups is 2. The third kappa shape index (κ3) is 4.67. The van der Waals surface area contributed by atoms with E-state index in [1.807, 2.05) is 6.08 Å². The van der Waals surface area contributed by atoms with Crippen LogP contribution in [-0.2, 0) is 17.9 Å². The molecule has 2 N–H and O–H groups in total. The number of amides is 2. The summed E-state index contributed by atoms with van der Waals surface area (Å²) in [5, 5.41) is 13.2. The monoisotopic (exact) mass is 454 g/mol. The van der Waals surface area contributed by atoms with E-state index in [0.717, 1.165) is 6.42 Å². The van der Waals surface area contributed by atoms with Crippen molar-refractivity contribution in [1.29, 1.82) is 0 Å². The van der Waals surface area contributed by atoms with Gasteiger partial charge in [-0.2, -0.15) is 0 Å². The first-order valence-electron chi connectivity index (χ1n) is 11.2. The minimum atomic E-state index is -0.716. The maximum absolute atomic E-state index is 13.8. The number of nitrogens with one attached hydrogen (secondary N) is 1. The van der Waals surface area contributed by atoms with Gasteiger partial charge in [0.1, 0.15) is 11.6 Å². The molecule has 4 rings (SSSR count). The van der Waals surface area contributed by atoms with Gasteiger partial charge in [0, 0.05) is 26.6 Å². The van der Waals surface area contributed by atoms with Gasteiger partial charge < -0.3 is 15.3 Å². The Labute approximate surface area is 190 Å². The summed E-state index contributed by atoms with van der Waals surface area (Å²) < 4.78 is 15.2. The molecule has 1 unspecified atom stereocenters. The van der Waals surface area contributed by atoms with Gasteiger partial charge in [-0.15, -0.1) is 0 Å². The van der Waals surface area contributed by atoms with Crippen LogP contribution >= 0.6 is 0 Å². The van der Waals surface area contributed by atoms with Crippen molar-refractivity contribution in [2.24, 2.45) is 0 Å². The number of halogens is 1. The van der Waals surface area contributed by atoms with Crippen LogP contribution < -0.4 is 10.9 Å². The molecule has 1 aromatic carbocycles. The third-order valence-corrected chi connectivity index (χ3v) is 6.26. The number of benzene rings is 1. The van der Waals surface area contributed by atoms with E-state index in [-0.39, 0.29) is 18.1 Å². The number of aromatic nitrogens is 2. The zero-order chi connectivity index (χ0) is 23.5. The normalized spacial score (nSPS) is 19.6. The van der Waals surface area contributed by atoms with Crippen LogP contribution in [0.4, 0.5) is 4.39 Å². The van der Waals surface area contributed by atoms with Gasteiger partial charge in [-0.05, 0) is 55.4 Å². The smallest absolute Gasteiger partial charge is 0.296 e. The van der Waals surface area contributed by atoms with Crippen LogP contribution in [-0.4, -0.2) is 38.4 Å². The van der Waals surface area contributed by atoms with Crippen molar-refractivity contribution in [3.05, 3.63) is 63.1 Å². The Balaban J connectivity index is 1.79. The topological polar surface area (TPSA) is 105 Å². The van der Waals surface area contributed by atoms with Crippen molar-refractivity contribution in [2.45, 2.75) is 57.7 Å². The van der Waals surface area contributed by atoms with E-state index in [9.17, 15) is 23.9 Å². The lowest BCUT2D eigenvalue weighted by Crippen LogP contribution is -2.37. The molecule has 33 heavy (non-hydrogen) atoms. The van der Waals surface area contributed by atoms with Gasteiger partial charge in [-0.3, -0.25) is 19.0 Å². The molecule has 0 radical (unpaired) electrons. The van der Waals surface area contributed by atoms with Crippen LogP contribution in [0.5, 0.6) is 5.75 Å². The summed E-state index contributed by atoms with van der Waals surface area (Å²) in [6.07, 6.45) is 7.32. The molecule has 0 aliphatic carbocycles. The van der Waals surface area contributed by atoms with Crippen LogP contribution in [0.3, 0.4) is 0 Å². The van der Waals surface area contributed by atoms with Gasteiger partial charge in [0.05, 0.1) is 6.04 Å². The number of rotatable bonds is 0. The molecule has 2 amide bonds. The Morgan fingerprint density at radius 3 is 2.82 bits per heavy atom. The molecule has 8 nitrogen and oxygen atoms in total. The number of carbonyl (C=O) groups excluding carboxylic acids is 2. The van der Waals surface area contributed by atoms with E-state index < -0.39 is 29.1 Å². The first-order valence-corrected chi connectivity index (χ1v) is 11.2. The summed E-state index contributed by atoms with van der Waals surface area (Å²) in [6, 6.07) is 3.79. The van der Waals surface area contributed by atoms with Gasteiger partial charge in [0.25, 0.3) is 11.5 Å². The zero-order valence-corrected chi connectivity index (χ0v) is 18.5. The van der Waals surface area contributed by atoms with Crippen LogP contribution in [0.15, 0.2) is 29.1 Å². The Hall–Kier alpha value is -3.49. The summed E-state index contributed by atoms with van der Waals surface area (Å²) in [5.74, 6) is -1.61. The molecule has 2 aliphatic rings. The van der Waals surface area contributed by atoms with Crippen LogP contribution in [0.1, 0.15) is 72.0 Å². The largest absolute Gasteiger partial charge is 0.501 e. The molecular weight excluding hydrogens is 427 g/mol. The summed E-state index contributed by atoms with van der Waals surface area (Å²) in [6.45, 7) is 0.430. The van der Waals surface area contributed by atoms with Crippen molar-refractivity contribution in [3.8, 4) is 5.75 Å². The predicted molar refractivity (Wildman–Crippen MR) is 120 cm³/mol. The van der Waals surface area contributed by atoms with Gasteiger partial charge >= 0.3 is 0 Å². The SMILES string of the molecule is CN1C(=O)CCCC=Cc2cc(F)ccc2CNC(=O)c2nc3n(c(=O)c2O)CCCCC31. The highest BCUT2D eigenvalue weighted by Gasteiger charge is 2.31. The molecule has 2 aromatic rings. The first kappa shape index (κ1) is 22.7. The fourth-order valence-electron chi connectivity index (χ4n) is 4.37. The Kier molecular flexibility index (Phi) is 6.57. The number of nitrogens with zero attached hydrogens (tertiary/aromatic N) is 3. The summed E-state index contributed by atoms with van der Waals surface area (Å²) in [5.41, 5.74) is 0.215. The molecular formula is C24H27FN4O4. The molecule has 2 bridgehead atoms. The van der Waals surface area contributed by atoms with Crippen LogP contribution in [0.2, 0.25) is 0 Å². The third-order valence-electron chi connectivity index (χ3n) is 6.26. The molecule has 3 heterocycles. The fourth-order valence-corrected chi connectivity index (χ4v) is 4.37. The predicted octanol–water partition coefficient (Wildman–Crippen LogP) is 2.90. The summed E-state index contributed by atoms with van der Waals surface area (Å²) in [7, 11) is 1.68. The molecule has 1 atom stereocenters. The lowest BCUT2D eigenvalue weighted by Gasteiger charge is -2.28. The van der Waals surface area contributed by atoms with Gasteiger partial charge in [0.2, 0.25) is 11.7 Å². The summed E-state index contributed by atoms with van der Waals surface area (Å²) in [4.78, 5) is 44.7. The Morgan fingerprint density at radius 1 is 1.18 bits per heavy atom. The van der Waals surface area contributed by atoms with E-state index in [4.69, 9.17) is 0 Å². The van der Waals surface area contributed by atoms with Gasteiger partial charge in [-0.25, -0.2) is 9.37 Å². The van der Waals surface area contributed by atoms with Crippen LogP contribution in [0, 0.1) is 5.82 Å². The minimum Gasteiger partial charge on any atom is -0.501 e. The second kappa shape index (κ2) is 9.56. The number of hydrogen-bond donors (Lipinski definition) is 2. The average molecular weight is 455 g/mol. The fraction of sp³-hybridized carbons (Fsp3) is 0.417. The molecule has 9 heteroatoms. The molecule has 0 saturated carbocycles. The van der Waals surface area contributed by atoms with Crippen molar-refractivity contribution in [1.82, 2.24) is 19.8 Å². The van der Waals surface area contributed by atoms with E-state index in [1.54, 1.807) is 24.1 Å². The number of hydrogen-bond acceptors (Lipinski definition) is 5. The zero-order valence-electron chi connectivity index (χ0n) is 18.5. The van der Waals surface area contributed by atoms with Crippen molar-refractivity contribution < 1.29 is 19.1 Å². The van der Waals surface area contributed by atoms with E-state index in [1.165, 1.54) is 16.7 Å². The standard InChI is InChI=1S/C24H27FN4O4/c1-28-18-8-5-6-12-29-22(18)27-20(21(31)24(29)33)23(32)26-14-16-10-11-17(25)13-15(16)7-3-2-4-9-19(28)30/h3,7,10-11,13,18,31H,2,4-6,8-9,12,14H2,1H3,(H,26,32). The van der Waals surface area contributed by atoms with Crippen molar-refractivity contribution in [2.75, 3.05) is 7.05 Å². The highest BCUT2D eigenvalue weighted by molar-refractivity contribution is 5.94. The highest BCUT2D eigenvalue weighted by atomic mass is 19.1. The maximum atomic E-state index is 13.8. The number of fused-ring (bicyclic) bond motifs is 2. The van der Waals surface area contributed by atoms with E-state index in [2.05, 4.69) is 10.3 Å². The lowest BCUT2D eigenvalue weighted by atomic mass is 10.0. The molecule has 0 spiro atoms. The molecule has 2 aliphatic heterocycles. The number of allylic oxidation sites excluding steroid dienone is 1. The highest BCUT2D eigenvalue weighted by Crippen LogP contribution is 2.29. The maximum Gasteiger partial charge on any atom is 0.296 e. The van der Waals surface area contributed by atoms with E-state index >= 15 is 0 Å². The lowest BCUT2D eigenvalue weighted by molar-refractivity contribution is -0.132. The van der Waals surface area contributed by atoms with Crippen molar-refractivity contribution in [3.63, 3.8) is 0 Å². The quantitative estimate of drug-likeness (QED) is 0.637. The second-order valence-corrected chi connectivity index (χ2v) is 8.46. The van der Waals surface area contributed by atoms with E-state index in [0.29, 0.717) is 55.6 Å². The Morgan fingerprint density at radius 2 is 2.00 bits per heavy atom. The Bertz CT molecular complexity index is 1170. The average Bonchev–Trinajstić information content (AvgIpc) is 3.01. The first-order chi connectivity index (χ1) is 15.9. The molecule has 0 saturated heterocycles. The summed E-state index contributed by atoms with van der Waals surface area (Å²) >= 11 is 0. The molecule has 174 valence electrons. The van der Waals surface area contributed by atoms with Gasteiger partial charge in [-0.1, -0.05) is 18.2 Å². The molecule has 1 aromatic heterocycles. The number of aromatic hydroxyl groups is 1.